The number of carboxylic acid groups (broad SMARTS) is 2. The minimum Gasteiger partial charge on any atom is -1.00 e. The van der Waals surface area contributed by atoms with Crippen molar-refractivity contribution < 1.29 is 63.8 Å². The van der Waals surface area contributed by atoms with Gasteiger partial charge in [0, 0.05) is 0 Å². The zero-order valence-corrected chi connectivity index (χ0v) is 16.8. The molecule has 0 unspecified atom stereocenters. The Labute approximate surface area is 169 Å². The third-order valence-electron chi connectivity index (χ3n) is 2.89. The second kappa shape index (κ2) is 13.2. The van der Waals surface area contributed by atoms with Crippen LogP contribution in [0.1, 0.15) is 47.8 Å². The molecule has 9 nitrogen and oxygen atoms in total. The van der Waals surface area contributed by atoms with Crippen molar-refractivity contribution in [2.45, 2.75) is 30.6 Å². The minimum atomic E-state index is -4.92. The molecule has 0 spiro atoms. The van der Waals surface area contributed by atoms with Gasteiger partial charge < -0.3 is 23.1 Å². The summed E-state index contributed by atoms with van der Waals surface area (Å²) in [5, 5.41) is 17.3. The first kappa shape index (κ1) is 26.2. The maximum atomic E-state index is 10.9. The van der Waals surface area contributed by atoms with Crippen molar-refractivity contribution in [3.05, 3.63) is 29.3 Å². The molecule has 1 aromatic carbocycles. The summed E-state index contributed by atoms with van der Waals surface area (Å²) in [4.78, 5) is 20.2. The SMILES string of the molecule is NCCCCCCN.O=C(O)c1cccc(C(=O)O)c1S(=O)(=O)O.[H-].[Na+]. The normalized spacial score (nSPS) is 10.2. The Kier molecular flexibility index (Phi) is 13.9. The monoisotopic (exact) mass is 386 g/mol. The third kappa shape index (κ3) is 9.90. The smallest absolute Gasteiger partial charge is 1.00 e. The van der Waals surface area contributed by atoms with E-state index in [2.05, 4.69) is 0 Å². The molecule has 1 rings (SSSR count). The van der Waals surface area contributed by atoms with Crippen LogP contribution in [-0.4, -0.2) is 48.2 Å². The Morgan fingerprint density at radius 1 is 0.920 bits per heavy atom. The molecule has 0 aliphatic heterocycles. The fourth-order valence-electron chi connectivity index (χ4n) is 1.79. The average molecular weight is 386 g/mol. The number of rotatable bonds is 8. The number of nitrogens with two attached hydrogens (primary N) is 2. The number of hydrogen-bond donors (Lipinski definition) is 5. The van der Waals surface area contributed by atoms with Crippen LogP contribution in [-0.2, 0) is 10.1 Å². The summed E-state index contributed by atoms with van der Waals surface area (Å²) in [6.45, 7) is 1.65. The standard InChI is InChI=1S/C8H6O7S.C6H16N2.Na.H/c9-7(10)4-2-1-3-5(8(11)12)6(4)16(13,14)15;7-5-3-1-2-4-6-8;;/h1-3H,(H,9,10)(H,11,12)(H,13,14,15);1-8H2;;/q;;+1;-1. The molecular weight excluding hydrogens is 363 g/mol. The number of hydrogen-bond acceptors (Lipinski definition) is 6. The molecule has 11 heteroatoms. The molecule has 0 fully saturated rings. The largest absolute Gasteiger partial charge is 1.00 e. The van der Waals surface area contributed by atoms with Crippen LogP contribution in [0, 0.1) is 0 Å². The van der Waals surface area contributed by atoms with Gasteiger partial charge in [-0.15, -0.1) is 0 Å². The van der Waals surface area contributed by atoms with Gasteiger partial charge in [-0.3, -0.25) is 4.55 Å². The van der Waals surface area contributed by atoms with Crippen LogP contribution in [0.5, 0.6) is 0 Å². The van der Waals surface area contributed by atoms with Crippen molar-refractivity contribution in [3.63, 3.8) is 0 Å². The molecule has 7 N–H and O–H groups in total. The maximum absolute atomic E-state index is 10.9. The number of aromatic carboxylic acids is 2. The predicted octanol–water partition coefficient (Wildman–Crippen LogP) is -2.09. The molecule has 0 saturated heterocycles. The molecule has 0 radical (unpaired) electrons. The quantitative estimate of drug-likeness (QED) is 0.190. The Morgan fingerprint density at radius 2 is 1.28 bits per heavy atom. The molecule has 138 valence electrons. The van der Waals surface area contributed by atoms with Gasteiger partial charge in [0.05, 0.1) is 11.1 Å². The summed E-state index contributed by atoms with van der Waals surface area (Å²) >= 11 is 0. The van der Waals surface area contributed by atoms with Gasteiger partial charge in [0.25, 0.3) is 10.1 Å². The number of carboxylic acids is 2. The van der Waals surface area contributed by atoms with Crippen molar-refractivity contribution in [2.24, 2.45) is 11.5 Å². The number of unbranched alkanes of at least 4 members (excludes halogenated alkanes) is 3. The Hall–Kier alpha value is -1.01. The van der Waals surface area contributed by atoms with Crippen LogP contribution in [0.15, 0.2) is 23.1 Å². The Morgan fingerprint density at radius 3 is 1.52 bits per heavy atom. The predicted molar refractivity (Wildman–Crippen MR) is 87.9 cm³/mol. The van der Waals surface area contributed by atoms with E-state index in [4.69, 9.17) is 26.2 Å². The van der Waals surface area contributed by atoms with Gasteiger partial charge in [0.1, 0.15) is 4.90 Å². The second-order valence-corrected chi connectivity index (χ2v) is 6.12. The fraction of sp³-hybridized carbons (Fsp3) is 0.429. The Bertz CT molecular complexity index is 633. The van der Waals surface area contributed by atoms with Crippen LogP contribution < -0.4 is 41.0 Å². The van der Waals surface area contributed by atoms with E-state index in [9.17, 15) is 18.0 Å². The number of carbonyl (C=O) groups is 2. The van der Waals surface area contributed by atoms with E-state index in [0.29, 0.717) is 0 Å². The van der Waals surface area contributed by atoms with Crippen molar-refractivity contribution in [1.82, 2.24) is 0 Å². The summed E-state index contributed by atoms with van der Waals surface area (Å²) in [6.07, 6.45) is 4.79. The first-order valence-electron chi connectivity index (χ1n) is 7.14. The zero-order chi connectivity index (χ0) is 18.8. The van der Waals surface area contributed by atoms with E-state index in [1.807, 2.05) is 0 Å². The minimum absolute atomic E-state index is 0. The van der Waals surface area contributed by atoms with Crippen LogP contribution in [0.25, 0.3) is 0 Å². The van der Waals surface area contributed by atoms with E-state index in [1.165, 1.54) is 12.8 Å². The van der Waals surface area contributed by atoms with E-state index < -0.39 is 38.1 Å². The fourth-order valence-corrected chi connectivity index (χ4v) is 2.66. The Balaban J connectivity index is -0.000000457. The van der Waals surface area contributed by atoms with Gasteiger partial charge in [-0.1, -0.05) is 18.9 Å². The molecule has 0 saturated carbocycles. The molecule has 0 atom stereocenters. The van der Waals surface area contributed by atoms with E-state index in [0.717, 1.165) is 44.1 Å². The van der Waals surface area contributed by atoms with Gasteiger partial charge in [-0.25, -0.2) is 9.59 Å². The molecule has 0 aromatic heterocycles. The zero-order valence-electron chi connectivity index (χ0n) is 15.0. The summed E-state index contributed by atoms with van der Waals surface area (Å²) < 4.78 is 30.6. The molecule has 25 heavy (non-hydrogen) atoms. The van der Waals surface area contributed by atoms with Gasteiger partial charge in [0.15, 0.2) is 0 Å². The van der Waals surface area contributed by atoms with Crippen LogP contribution in [0.3, 0.4) is 0 Å². The first-order valence-corrected chi connectivity index (χ1v) is 8.58. The first-order chi connectivity index (χ1) is 11.2. The molecule has 1 aromatic rings. The molecular formula is C14H23N2NaO7S. The molecule has 0 aliphatic rings. The van der Waals surface area contributed by atoms with Gasteiger partial charge >= 0.3 is 41.5 Å². The molecule has 0 amide bonds. The number of benzene rings is 1. The topological polar surface area (TPSA) is 181 Å². The van der Waals surface area contributed by atoms with Crippen molar-refractivity contribution in [2.75, 3.05) is 13.1 Å². The van der Waals surface area contributed by atoms with Crippen molar-refractivity contribution >= 4 is 22.1 Å². The summed E-state index contributed by atoms with van der Waals surface area (Å²) in [6, 6.07) is 2.84. The van der Waals surface area contributed by atoms with Crippen molar-refractivity contribution in [3.8, 4) is 0 Å². The van der Waals surface area contributed by atoms with Crippen LogP contribution >= 0.6 is 0 Å². The van der Waals surface area contributed by atoms with Gasteiger partial charge in [-0.05, 0) is 38.1 Å². The van der Waals surface area contributed by atoms with Crippen LogP contribution in [0.2, 0.25) is 0 Å². The average Bonchev–Trinajstić information content (AvgIpc) is 2.50. The molecule has 0 aliphatic carbocycles. The van der Waals surface area contributed by atoms with E-state index >= 15 is 0 Å². The van der Waals surface area contributed by atoms with E-state index in [-0.39, 0.29) is 31.0 Å². The second-order valence-electron chi connectivity index (χ2n) is 4.76. The van der Waals surface area contributed by atoms with Gasteiger partial charge in [-0.2, -0.15) is 8.42 Å². The summed E-state index contributed by atoms with van der Waals surface area (Å²) in [5.41, 5.74) is 8.98. The van der Waals surface area contributed by atoms with Gasteiger partial charge in [0.2, 0.25) is 0 Å². The van der Waals surface area contributed by atoms with E-state index in [1.54, 1.807) is 0 Å². The summed E-state index contributed by atoms with van der Waals surface area (Å²) in [7, 11) is -4.92. The maximum Gasteiger partial charge on any atom is 1.00 e. The molecule has 0 bridgehead atoms. The summed E-state index contributed by atoms with van der Waals surface area (Å²) in [5.74, 6) is -3.29. The third-order valence-corrected chi connectivity index (χ3v) is 3.85. The van der Waals surface area contributed by atoms with Crippen LogP contribution in [0.4, 0.5) is 0 Å². The molecule has 0 heterocycles. The van der Waals surface area contributed by atoms with Crippen molar-refractivity contribution in [1.29, 1.82) is 0 Å².